The molecule has 0 aliphatic rings. The molecular weight excluding hydrogens is 320 g/mol. The van der Waals surface area contributed by atoms with E-state index in [1.807, 2.05) is 36.4 Å². The molecule has 0 aliphatic carbocycles. The summed E-state index contributed by atoms with van der Waals surface area (Å²) in [5, 5.41) is 6.97. The van der Waals surface area contributed by atoms with Gasteiger partial charge in [0.15, 0.2) is 12.4 Å². The highest BCUT2D eigenvalue weighted by Crippen LogP contribution is 2.23. The number of rotatable bonds is 6. The summed E-state index contributed by atoms with van der Waals surface area (Å²) < 4.78 is 15.7. The van der Waals surface area contributed by atoms with Crippen LogP contribution >= 0.6 is 0 Å². The Morgan fingerprint density at radius 1 is 1.16 bits per heavy atom. The largest absolute Gasteiger partial charge is 0.497 e. The highest BCUT2D eigenvalue weighted by molar-refractivity contribution is 5.95. The van der Waals surface area contributed by atoms with E-state index in [0.717, 1.165) is 11.3 Å². The average molecular weight is 338 g/mol. The quantitative estimate of drug-likeness (QED) is 0.690. The van der Waals surface area contributed by atoms with Gasteiger partial charge in [-0.3, -0.25) is 0 Å². The minimum Gasteiger partial charge on any atom is -0.497 e. The number of hydrogen-bond donors (Lipinski definition) is 1. The first-order valence-electron chi connectivity index (χ1n) is 7.75. The number of anilines is 1. The molecule has 0 saturated carbocycles. The van der Waals surface area contributed by atoms with E-state index in [2.05, 4.69) is 10.5 Å². The summed E-state index contributed by atoms with van der Waals surface area (Å²) in [4.78, 5) is 12.2. The van der Waals surface area contributed by atoms with Crippen molar-refractivity contribution in [2.45, 2.75) is 6.61 Å². The Balaban J connectivity index is 1.66. The van der Waals surface area contributed by atoms with Gasteiger partial charge in [-0.1, -0.05) is 17.3 Å². The number of benzene rings is 2. The summed E-state index contributed by atoms with van der Waals surface area (Å²) in [5.41, 5.74) is 2.75. The monoisotopic (exact) mass is 338 g/mol. The molecule has 0 amide bonds. The number of nitrogens with one attached hydrogen (secondary N) is 1. The Hall–Kier alpha value is -3.28. The van der Waals surface area contributed by atoms with Gasteiger partial charge in [-0.05, 0) is 36.4 Å². The van der Waals surface area contributed by atoms with E-state index in [1.54, 1.807) is 32.4 Å². The zero-order chi connectivity index (χ0) is 17.6. The first-order chi connectivity index (χ1) is 12.2. The van der Waals surface area contributed by atoms with Crippen LogP contribution in [0.1, 0.15) is 16.1 Å². The van der Waals surface area contributed by atoms with Crippen LogP contribution in [-0.2, 0) is 11.3 Å². The van der Waals surface area contributed by atoms with Crippen molar-refractivity contribution in [3.05, 3.63) is 65.9 Å². The van der Waals surface area contributed by atoms with Gasteiger partial charge in [0, 0.05) is 24.4 Å². The van der Waals surface area contributed by atoms with E-state index in [4.69, 9.17) is 14.0 Å². The van der Waals surface area contributed by atoms with E-state index in [-0.39, 0.29) is 6.61 Å². The van der Waals surface area contributed by atoms with Gasteiger partial charge in [-0.2, -0.15) is 0 Å². The molecule has 3 aromatic rings. The van der Waals surface area contributed by atoms with Gasteiger partial charge in [0.1, 0.15) is 11.4 Å². The third-order valence-corrected chi connectivity index (χ3v) is 3.71. The molecule has 0 atom stereocenters. The highest BCUT2D eigenvalue weighted by atomic mass is 16.5. The van der Waals surface area contributed by atoms with Crippen LogP contribution < -0.4 is 10.1 Å². The van der Waals surface area contributed by atoms with Crippen molar-refractivity contribution in [2.75, 3.05) is 19.5 Å². The lowest BCUT2D eigenvalue weighted by molar-refractivity contribution is 0.0438. The molecule has 1 N–H and O–H groups in total. The van der Waals surface area contributed by atoms with Crippen LogP contribution in [0.2, 0.25) is 0 Å². The van der Waals surface area contributed by atoms with Crippen LogP contribution in [0.25, 0.3) is 11.3 Å². The van der Waals surface area contributed by atoms with Gasteiger partial charge in [-0.15, -0.1) is 0 Å². The van der Waals surface area contributed by atoms with E-state index in [0.29, 0.717) is 22.7 Å². The van der Waals surface area contributed by atoms with Gasteiger partial charge in [0.2, 0.25) is 0 Å². The molecule has 2 aromatic carbocycles. The topological polar surface area (TPSA) is 73.6 Å². The number of para-hydroxylation sites is 1. The Kier molecular flexibility index (Phi) is 4.99. The number of carbonyl (C=O) groups is 1. The van der Waals surface area contributed by atoms with Crippen molar-refractivity contribution in [3.63, 3.8) is 0 Å². The third kappa shape index (κ3) is 3.80. The van der Waals surface area contributed by atoms with Crippen molar-refractivity contribution in [2.24, 2.45) is 0 Å². The maximum Gasteiger partial charge on any atom is 0.340 e. The van der Waals surface area contributed by atoms with Crippen molar-refractivity contribution in [3.8, 4) is 17.0 Å². The number of hydrogen-bond acceptors (Lipinski definition) is 6. The van der Waals surface area contributed by atoms with Crippen molar-refractivity contribution < 1.29 is 18.8 Å². The van der Waals surface area contributed by atoms with E-state index < -0.39 is 5.97 Å². The zero-order valence-electron chi connectivity index (χ0n) is 14.0. The molecule has 0 aliphatic heterocycles. The smallest absolute Gasteiger partial charge is 0.340 e. The van der Waals surface area contributed by atoms with Crippen molar-refractivity contribution >= 4 is 11.7 Å². The van der Waals surface area contributed by atoms with Crippen LogP contribution in [0, 0.1) is 0 Å². The highest BCUT2D eigenvalue weighted by Gasteiger charge is 2.14. The van der Waals surface area contributed by atoms with Gasteiger partial charge in [-0.25, -0.2) is 4.79 Å². The van der Waals surface area contributed by atoms with Crippen LogP contribution in [0.4, 0.5) is 5.69 Å². The summed E-state index contributed by atoms with van der Waals surface area (Å²) in [6.45, 7) is 0.0139. The first-order valence-corrected chi connectivity index (χ1v) is 7.75. The summed E-state index contributed by atoms with van der Waals surface area (Å²) in [6.07, 6.45) is 0. The second-order valence-electron chi connectivity index (χ2n) is 5.28. The molecule has 0 radical (unpaired) electrons. The number of nitrogens with zero attached hydrogens (tertiary/aromatic N) is 1. The Morgan fingerprint density at radius 3 is 2.64 bits per heavy atom. The third-order valence-electron chi connectivity index (χ3n) is 3.71. The molecule has 0 fully saturated rings. The molecule has 128 valence electrons. The number of methoxy groups -OCH3 is 1. The molecule has 1 aromatic heterocycles. The van der Waals surface area contributed by atoms with Gasteiger partial charge in [0.05, 0.1) is 12.7 Å². The summed E-state index contributed by atoms with van der Waals surface area (Å²) in [6, 6.07) is 16.4. The minimum absolute atomic E-state index is 0.0139. The molecule has 1 heterocycles. The fourth-order valence-electron chi connectivity index (χ4n) is 2.37. The second kappa shape index (κ2) is 7.53. The standard InChI is InChI=1S/C19H18N2O4/c1-20-17-6-4-3-5-16(17)19(22)24-12-15-11-18(21-25-15)13-7-9-14(23-2)10-8-13/h3-11,20H,12H2,1-2H3. The zero-order valence-corrected chi connectivity index (χ0v) is 14.0. The van der Waals surface area contributed by atoms with Crippen LogP contribution in [-0.4, -0.2) is 25.3 Å². The predicted octanol–water partition coefficient (Wildman–Crippen LogP) is 3.75. The first kappa shape index (κ1) is 16.6. The summed E-state index contributed by atoms with van der Waals surface area (Å²) in [7, 11) is 3.37. The molecule has 0 bridgehead atoms. The Bertz CT molecular complexity index is 856. The number of ether oxygens (including phenoxy) is 2. The molecule has 0 saturated heterocycles. The summed E-state index contributed by atoms with van der Waals surface area (Å²) >= 11 is 0. The molecule has 0 spiro atoms. The van der Waals surface area contributed by atoms with Crippen molar-refractivity contribution in [1.29, 1.82) is 0 Å². The molecule has 0 unspecified atom stereocenters. The fraction of sp³-hybridized carbons (Fsp3) is 0.158. The molecule has 6 heteroatoms. The lowest BCUT2D eigenvalue weighted by atomic mass is 10.1. The number of esters is 1. The molecule has 6 nitrogen and oxygen atoms in total. The number of aromatic nitrogens is 1. The fourth-order valence-corrected chi connectivity index (χ4v) is 2.37. The van der Waals surface area contributed by atoms with E-state index >= 15 is 0 Å². The van der Waals surface area contributed by atoms with E-state index in [1.165, 1.54) is 0 Å². The molecular formula is C19H18N2O4. The minimum atomic E-state index is -0.424. The van der Waals surface area contributed by atoms with Crippen LogP contribution in [0.3, 0.4) is 0 Å². The average Bonchev–Trinajstić information content (AvgIpc) is 3.15. The maximum absolute atomic E-state index is 12.2. The van der Waals surface area contributed by atoms with Crippen LogP contribution in [0.15, 0.2) is 59.1 Å². The summed E-state index contributed by atoms with van der Waals surface area (Å²) in [5.74, 6) is 0.818. The van der Waals surface area contributed by atoms with Gasteiger partial charge in [0.25, 0.3) is 0 Å². The second-order valence-corrected chi connectivity index (χ2v) is 5.28. The van der Waals surface area contributed by atoms with Crippen LogP contribution in [0.5, 0.6) is 5.75 Å². The van der Waals surface area contributed by atoms with Crippen molar-refractivity contribution in [1.82, 2.24) is 5.16 Å². The molecule has 25 heavy (non-hydrogen) atoms. The predicted molar refractivity (Wildman–Crippen MR) is 93.6 cm³/mol. The maximum atomic E-state index is 12.2. The van der Waals surface area contributed by atoms with E-state index in [9.17, 15) is 4.79 Å². The molecule has 3 rings (SSSR count). The normalized spacial score (nSPS) is 10.3. The van der Waals surface area contributed by atoms with Gasteiger partial charge >= 0.3 is 5.97 Å². The lowest BCUT2D eigenvalue weighted by Gasteiger charge is -2.07. The Labute approximate surface area is 145 Å². The Morgan fingerprint density at radius 2 is 1.92 bits per heavy atom. The van der Waals surface area contributed by atoms with Gasteiger partial charge < -0.3 is 19.3 Å². The lowest BCUT2D eigenvalue weighted by Crippen LogP contribution is -2.07. The number of carbonyl (C=O) groups excluding carboxylic acids is 1. The SMILES string of the molecule is CNc1ccccc1C(=O)OCc1cc(-c2ccc(OC)cc2)no1.